The molecule has 2 amide bonds. The van der Waals surface area contributed by atoms with Gasteiger partial charge in [0.25, 0.3) is 5.91 Å². The number of likely N-dealkylation sites (N-methyl/N-ethyl adjacent to an activating group) is 1. The van der Waals surface area contributed by atoms with Gasteiger partial charge in [0, 0.05) is 37.0 Å². The minimum Gasteiger partial charge on any atom is -0.383 e. The first-order chi connectivity index (χ1) is 14.0. The standard InChI is InChI=1S/C23H28N4O2/c1-3-26-9-10-27(20(23(26)29)12-16-7-8-16)22(28)18-6-4-5-17(13-18)19-11-15(2)21(24)25-14-19/h4-6,11,13-14,16,20H,3,7-10,12H2,1-2H3,(H2,24,25)/t20-/m1/s1. The van der Waals surface area contributed by atoms with E-state index in [9.17, 15) is 9.59 Å². The van der Waals surface area contributed by atoms with E-state index in [0.29, 0.717) is 36.9 Å². The van der Waals surface area contributed by atoms with Crippen LogP contribution in [0.4, 0.5) is 5.82 Å². The lowest BCUT2D eigenvalue weighted by atomic mass is 10.00. The fraction of sp³-hybridized carbons (Fsp3) is 0.435. The van der Waals surface area contributed by atoms with E-state index in [-0.39, 0.29) is 17.9 Å². The number of rotatable bonds is 5. The van der Waals surface area contributed by atoms with Crippen LogP contribution in [0.2, 0.25) is 0 Å². The Morgan fingerprint density at radius 3 is 2.69 bits per heavy atom. The summed E-state index contributed by atoms with van der Waals surface area (Å²) in [5, 5.41) is 0. The van der Waals surface area contributed by atoms with Gasteiger partial charge in [-0.2, -0.15) is 0 Å². The van der Waals surface area contributed by atoms with Gasteiger partial charge in [-0.05, 0) is 55.5 Å². The predicted octanol–water partition coefficient (Wildman–Crippen LogP) is 3.11. The highest BCUT2D eigenvalue weighted by Crippen LogP contribution is 2.36. The summed E-state index contributed by atoms with van der Waals surface area (Å²) in [6.07, 6.45) is 4.83. The first-order valence-corrected chi connectivity index (χ1v) is 10.4. The first kappa shape index (κ1) is 19.4. The zero-order chi connectivity index (χ0) is 20.5. The minimum absolute atomic E-state index is 0.0678. The van der Waals surface area contributed by atoms with E-state index in [2.05, 4.69) is 4.98 Å². The summed E-state index contributed by atoms with van der Waals surface area (Å²) in [7, 11) is 0. The maximum absolute atomic E-state index is 13.4. The van der Waals surface area contributed by atoms with Gasteiger partial charge in [0.05, 0.1) is 0 Å². The third-order valence-electron chi connectivity index (χ3n) is 6.04. The van der Waals surface area contributed by atoms with Crippen molar-refractivity contribution in [2.75, 3.05) is 25.4 Å². The Labute approximate surface area is 171 Å². The van der Waals surface area contributed by atoms with Gasteiger partial charge in [-0.1, -0.05) is 25.0 Å². The maximum Gasteiger partial charge on any atom is 0.254 e. The van der Waals surface area contributed by atoms with Gasteiger partial charge >= 0.3 is 0 Å². The molecule has 1 saturated carbocycles. The van der Waals surface area contributed by atoms with Crippen LogP contribution in [0.15, 0.2) is 36.5 Å². The minimum atomic E-state index is -0.340. The fourth-order valence-corrected chi connectivity index (χ4v) is 4.03. The van der Waals surface area contributed by atoms with Crippen LogP contribution in [0.5, 0.6) is 0 Å². The number of benzene rings is 1. The number of aryl methyl sites for hydroxylation is 1. The van der Waals surface area contributed by atoms with Crippen molar-refractivity contribution in [1.82, 2.24) is 14.8 Å². The number of piperazine rings is 1. The van der Waals surface area contributed by atoms with Gasteiger partial charge in [0.15, 0.2) is 0 Å². The van der Waals surface area contributed by atoms with E-state index in [0.717, 1.165) is 36.0 Å². The normalized spacial score (nSPS) is 19.5. The van der Waals surface area contributed by atoms with Gasteiger partial charge in [-0.3, -0.25) is 9.59 Å². The molecule has 1 saturated heterocycles. The summed E-state index contributed by atoms with van der Waals surface area (Å²) in [4.78, 5) is 34.2. The molecule has 6 heteroatoms. The summed E-state index contributed by atoms with van der Waals surface area (Å²) in [6, 6.07) is 9.20. The van der Waals surface area contributed by atoms with Crippen LogP contribution in [0, 0.1) is 12.8 Å². The molecule has 2 fully saturated rings. The highest BCUT2D eigenvalue weighted by atomic mass is 16.2. The zero-order valence-electron chi connectivity index (χ0n) is 17.1. The van der Waals surface area contributed by atoms with E-state index in [1.807, 2.05) is 49.1 Å². The van der Waals surface area contributed by atoms with E-state index in [4.69, 9.17) is 5.73 Å². The number of hydrogen-bond donors (Lipinski definition) is 1. The predicted molar refractivity (Wildman–Crippen MR) is 113 cm³/mol. The van der Waals surface area contributed by atoms with Crippen molar-refractivity contribution in [3.05, 3.63) is 47.7 Å². The van der Waals surface area contributed by atoms with E-state index >= 15 is 0 Å². The van der Waals surface area contributed by atoms with Gasteiger partial charge in [0.2, 0.25) is 5.91 Å². The fourth-order valence-electron chi connectivity index (χ4n) is 4.03. The Hall–Kier alpha value is -2.89. The molecule has 2 aromatic rings. The van der Waals surface area contributed by atoms with Crippen molar-refractivity contribution in [3.8, 4) is 11.1 Å². The SMILES string of the molecule is CCN1CCN(C(=O)c2cccc(-c3cnc(N)c(C)c3)c2)[C@H](CC2CC2)C1=O. The highest BCUT2D eigenvalue weighted by molar-refractivity contribution is 5.99. The molecule has 29 heavy (non-hydrogen) atoms. The molecule has 0 radical (unpaired) electrons. The molecule has 1 aliphatic carbocycles. The molecule has 0 bridgehead atoms. The van der Waals surface area contributed by atoms with Crippen LogP contribution < -0.4 is 5.73 Å². The summed E-state index contributed by atoms with van der Waals surface area (Å²) in [5.41, 5.74) is 9.19. The Morgan fingerprint density at radius 2 is 2.00 bits per heavy atom. The molecule has 152 valence electrons. The molecule has 6 nitrogen and oxygen atoms in total. The van der Waals surface area contributed by atoms with Crippen LogP contribution in [0.25, 0.3) is 11.1 Å². The van der Waals surface area contributed by atoms with Crippen molar-refractivity contribution in [3.63, 3.8) is 0 Å². The third kappa shape index (κ3) is 3.97. The number of aromatic nitrogens is 1. The van der Waals surface area contributed by atoms with Gasteiger partial charge in [0.1, 0.15) is 11.9 Å². The molecular weight excluding hydrogens is 364 g/mol. The Bertz CT molecular complexity index is 938. The second-order valence-corrected chi connectivity index (χ2v) is 8.12. The van der Waals surface area contributed by atoms with Crippen molar-refractivity contribution in [2.24, 2.45) is 5.92 Å². The average Bonchev–Trinajstić information content (AvgIpc) is 3.55. The maximum atomic E-state index is 13.4. The summed E-state index contributed by atoms with van der Waals surface area (Å²) < 4.78 is 0. The molecule has 2 N–H and O–H groups in total. The van der Waals surface area contributed by atoms with Crippen molar-refractivity contribution in [1.29, 1.82) is 0 Å². The van der Waals surface area contributed by atoms with E-state index < -0.39 is 0 Å². The van der Waals surface area contributed by atoms with Crippen LogP contribution in [-0.4, -0.2) is 52.3 Å². The number of hydrogen-bond acceptors (Lipinski definition) is 4. The molecule has 0 unspecified atom stereocenters. The topological polar surface area (TPSA) is 79.5 Å². The third-order valence-corrected chi connectivity index (χ3v) is 6.04. The number of carbonyl (C=O) groups is 2. The van der Waals surface area contributed by atoms with Crippen LogP contribution in [0.1, 0.15) is 42.1 Å². The van der Waals surface area contributed by atoms with Crippen molar-refractivity contribution < 1.29 is 9.59 Å². The van der Waals surface area contributed by atoms with Crippen molar-refractivity contribution >= 4 is 17.6 Å². The second kappa shape index (κ2) is 7.85. The lowest BCUT2D eigenvalue weighted by molar-refractivity contribution is -0.140. The lowest BCUT2D eigenvalue weighted by Gasteiger charge is -2.40. The number of nitrogens with zero attached hydrogens (tertiary/aromatic N) is 3. The van der Waals surface area contributed by atoms with Gasteiger partial charge in [-0.25, -0.2) is 4.98 Å². The Morgan fingerprint density at radius 1 is 1.21 bits per heavy atom. The van der Waals surface area contributed by atoms with Crippen LogP contribution in [0.3, 0.4) is 0 Å². The lowest BCUT2D eigenvalue weighted by Crippen LogP contribution is -2.58. The monoisotopic (exact) mass is 392 g/mol. The number of nitrogen functional groups attached to an aromatic ring is 1. The molecule has 2 heterocycles. The molecule has 1 aliphatic heterocycles. The second-order valence-electron chi connectivity index (χ2n) is 8.12. The molecule has 0 spiro atoms. The summed E-state index contributed by atoms with van der Waals surface area (Å²) in [5.74, 6) is 1.11. The average molecular weight is 393 g/mol. The number of amides is 2. The number of nitrogens with two attached hydrogens (primary N) is 1. The van der Waals surface area contributed by atoms with Crippen LogP contribution >= 0.6 is 0 Å². The molecule has 1 aromatic heterocycles. The van der Waals surface area contributed by atoms with Gasteiger partial charge < -0.3 is 15.5 Å². The summed E-state index contributed by atoms with van der Waals surface area (Å²) in [6.45, 7) is 5.80. The zero-order valence-corrected chi connectivity index (χ0v) is 17.1. The smallest absolute Gasteiger partial charge is 0.254 e. The largest absolute Gasteiger partial charge is 0.383 e. The molecule has 2 aliphatic rings. The quantitative estimate of drug-likeness (QED) is 0.848. The number of anilines is 1. The number of carbonyl (C=O) groups excluding carboxylic acids is 2. The molecule has 1 atom stereocenters. The molecular formula is C23H28N4O2. The Balaban J connectivity index is 1.61. The molecule has 4 rings (SSSR count). The van der Waals surface area contributed by atoms with Gasteiger partial charge in [-0.15, -0.1) is 0 Å². The van der Waals surface area contributed by atoms with Crippen LogP contribution in [-0.2, 0) is 4.79 Å². The first-order valence-electron chi connectivity index (χ1n) is 10.4. The number of pyridine rings is 1. The van der Waals surface area contributed by atoms with E-state index in [1.165, 1.54) is 0 Å². The molecule has 1 aromatic carbocycles. The van der Waals surface area contributed by atoms with E-state index in [1.54, 1.807) is 11.1 Å². The van der Waals surface area contributed by atoms with Crippen molar-refractivity contribution in [2.45, 2.75) is 39.2 Å². The summed E-state index contributed by atoms with van der Waals surface area (Å²) >= 11 is 0. The Kier molecular flexibility index (Phi) is 5.26. The highest BCUT2D eigenvalue weighted by Gasteiger charge is 2.40.